The summed E-state index contributed by atoms with van der Waals surface area (Å²) in [6, 6.07) is 3.13. The monoisotopic (exact) mass is 267 g/mol. The molecular formula is C11H10BrNO2. The number of hydrogen-bond acceptors (Lipinski definition) is 2. The molecule has 0 spiro atoms. The average molecular weight is 268 g/mol. The van der Waals surface area contributed by atoms with Gasteiger partial charge in [-0.3, -0.25) is 10.1 Å². The van der Waals surface area contributed by atoms with Gasteiger partial charge in [0.15, 0.2) is 0 Å². The molecule has 0 fully saturated rings. The molecule has 4 heteroatoms. The average Bonchev–Trinajstić information content (AvgIpc) is 2.20. The van der Waals surface area contributed by atoms with Gasteiger partial charge in [0, 0.05) is 16.1 Å². The highest BCUT2D eigenvalue weighted by atomic mass is 79.9. The minimum absolute atomic E-state index is 0.0706. The summed E-state index contributed by atoms with van der Waals surface area (Å²) in [5.74, 6) is 0. The molecule has 3 nitrogen and oxygen atoms in total. The lowest BCUT2D eigenvalue weighted by Crippen LogP contribution is -1.94. The van der Waals surface area contributed by atoms with Crippen LogP contribution in [-0.4, -0.2) is 4.92 Å². The van der Waals surface area contributed by atoms with E-state index in [-0.39, 0.29) is 5.69 Å². The number of allylic oxidation sites excluding steroid dienone is 1. The second kappa shape index (κ2) is 4.89. The predicted molar refractivity (Wildman–Crippen MR) is 65.6 cm³/mol. The van der Waals surface area contributed by atoms with Gasteiger partial charge in [-0.1, -0.05) is 40.7 Å². The normalized spacial score (nSPS) is 10.5. The fourth-order valence-electron chi connectivity index (χ4n) is 1.31. The quantitative estimate of drug-likeness (QED) is 0.613. The van der Waals surface area contributed by atoms with Crippen molar-refractivity contribution in [3.8, 4) is 0 Å². The van der Waals surface area contributed by atoms with E-state index in [1.54, 1.807) is 6.07 Å². The summed E-state index contributed by atoms with van der Waals surface area (Å²) in [7, 11) is 0. The van der Waals surface area contributed by atoms with Gasteiger partial charge in [-0.2, -0.15) is 0 Å². The Morgan fingerprint density at radius 2 is 2.13 bits per heavy atom. The Morgan fingerprint density at radius 3 is 2.60 bits per heavy atom. The third-order valence-electron chi connectivity index (χ3n) is 1.95. The second-order valence-electron chi connectivity index (χ2n) is 2.86. The Kier molecular flexibility index (Phi) is 3.80. The predicted octanol–water partition coefficient (Wildman–Crippen LogP) is 4.03. The van der Waals surface area contributed by atoms with E-state index in [4.69, 9.17) is 0 Å². The first-order valence-corrected chi connectivity index (χ1v) is 5.13. The molecule has 0 saturated heterocycles. The Bertz CT molecular complexity index is 438. The van der Waals surface area contributed by atoms with Crippen LogP contribution in [0.2, 0.25) is 0 Å². The van der Waals surface area contributed by atoms with Crippen molar-refractivity contribution in [3.05, 3.63) is 50.5 Å². The van der Waals surface area contributed by atoms with Gasteiger partial charge >= 0.3 is 0 Å². The number of nitro groups is 1. The van der Waals surface area contributed by atoms with Crippen molar-refractivity contribution in [1.82, 2.24) is 0 Å². The van der Waals surface area contributed by atoms with Gasteiger partial charge in [0.2, 0.25) is 0 Å². The van der Waals surface area contributed by atoms with Crippen LogP contribution in [0, 0.1) is 10.1 Å². The molecule has 0 aromatic heterocycles. The maximum atomic E-state index is 10.8. The van der Waals surface area contributed by atoms with Crippen molar-refractivity contribution in [2.75, 3.05) is 0 Å². The standard InChI is InChI=1S/C11H10BrNO2/c1-3-5-9-8(4-2)11(13(14)15)7-6-10(9)12/h3-7H,2H2,1H3/b5-3-. The summed E-state index contributed by atoms with van der Waals surface area (Å²) >= 11 is 3.35. The molecular weight excluding hydrogens is 258 g/mol. The van der Waals surface area contributed by atoms with Gasteiger partial charge in [-0.25, -0.2) is 0 Å². The summed E-state index contributed by atoms with van der Waals surface area (Å²) < 4.78 is 0.820. The molecule has 1 aromatic carbocycles. The number of nitrogens with zero attached hydrogens (tertiary/aromatic N) is 1. The van der Waals surface area contributed by atoms with Gasteiger partial charge < -0.3 is 0 Å². The summed E-state index contributed by atoms with van der Waals surface area (Å²) in [5.41, 5.74) is 1.38. The maximum Gasteiger partial charge on any atom is 0.277 e. The number of nitro benzene ring substituents is 1. The molecule has 1 aromatic rings. The van der Waals surface area contributed by atoms with Crippen molar-refractivity contribution >= 4 is 33.8 Å². The molecule has 78 valence electrons. The topological polar surface area (TPSA) is 43.1 Å². The van der Waals surface area contributed by atoms with Crippen LogP contribution in [0.3, 0.4) is 0 Å². The molecule has 1 rings (SSSR count). The maximum absolute atomic E-state index is 10.8. The Labute approximate surface area is 96.4 Å². The third-order valence-corrected chi connectivity index (χ3v) is 2.64. The molecule has 0 bridgehead atoms. The highest BCUT2D eigenvalue weighted by Gasteiger charge is 2.15. The molecule has 0 N–H and O–H groups in total. The first-order chi connectivity index (χ1) is 7.11. The van der Waals surface area contributed by atoms with Crippen molar-refractivity contribution in [1.29, 1.82) is 0 Å². The highest BCUT2D eigenvalue weighted by molar-refractivity contribution is 9.10. The lowest BCUT2D eigenvalue weighted by atomic mass is 10.1. The molecule has 0 atom stereocenters. The molecule has 0 aliphatic carbocycles. The summed E-state index contributed by atoms with van der Waals surface area (Å²) in [6.07, 6.45) is 5.14. The van der Waals surface area contributed by atoms with E-state index in [0.29, 0.717) is 5.56 Å². The van der Waals surface area contributed by atoms with Crippen LogP contribution in [0.1, 0.15) is 18.1 Å². The number of hydrogen-bond donors (Lipinski definition) is 0. The van der Waals surface area contributed by atoms with E-state index in [2.05, 4.69) is 22.5 Å². The number of benzene rings is 1. The summed E-state index contributed by atoms with van der Waals surface area (Å²) in [5, 5.41) is 10.8. The molecule has 0 aliphatic heterocycles. The fourth-order valence-corrected chi connectivity index (χ4v) is 1.79. The van der Waals surface area contributed by atoms with Gasteiger partial charge in [0.25, 0.3) is 5.69 Å². The van der Waals surface area contributed by atoms with Crippen molar-refractivity contribution in [2.24, 2.45) is 0 Å². The zero-order chi connectivity index (χ0) is 11.4. The zero-order valence-corrected chi connectivity index (χ0v) is 9.82. The minimum atomic E-state index is -0.406. The van der Waals surface area contributed by atoms with Crippen LogP contribution in [0.15, 0.2) is 29.3 Å². The molecule has 15 heavy (non-hydrogen) atoms. The number of halogens is 1. The molecule has 0 unspecified atom stereocenters. The van der Waals surface area contributed by atoms with E-state index in [1.165, 1.54) is 12.1 Å². The summed E-state index contributed by atoms with van der Waals surface area (Å²) in [4.78, 5) is 10.4. The van der Waals surface area contributed by atoms with Crippen LogP contribution < -0.4 is 0 Å². The van der Waals surface area contributed by atoms with E-state index >= 15 is 0 Å². The van der Waals surface area contributed by atoms with Crippen molar-refractivity contribution in [3.63, 3.8) is 0 Å². The first-order valence-electron chi connectivity index (χ1n) is 4.33. The smallest absolute Gasteiger partial charge is 0.258 e. The Balaban J connectivity index is 3.53. The van der Waals surface area contributed by atoms with Crippen molar-refractivity contribution < 1.29 is 4.92 Å². The van der Waals surface area contributed by atoms with E-state index in [1.807, 2.05) is 19.1 Å². The molecule has 0 aliphatic rings. The van der Waals surface area contributed by atoms with Crippen molar-refractivity contribution in [2.45, 2.75) is 6.92 Å². The Hall–Kier alpha value is -1.42. The minimum Gasteiger partial charge on any atom is -0.258 e. The van der Waals surface area contributed by atoms with Gasteiger partial charge in [-0.05, 0) is 13.0 Å². The van der Waals surface area contributed by atoms with Crippen LogP contribution >= 0.6 is 15.9 Å². The first kappa shape index (κ1) is 11.7. The number of rotatable bonds is 3. The summed E-state index contributed by atoms with van der Waals surface area (Å²) in [6.45, 7) is 5.46. The van der Waals surface area contributed by atoms with Gasteiger partial charge in [0.05, 0.1) is 10.5 Å². The highest BCUT2D eigenvalue weighted by Crippen LogP contribution is 2.30. The Morgan fingerprint density at radius 1 is 1.47 bits per heavy atom. The fraction of sp³-hybridized carbons (Fsp3) is 0.0909. The molecule has 0 heterocycles. The second-order valence-corrected chi connectivity index (χ2v) is 3.71. The largest absolute Gasteiger partial charge is 0.277 e. The lowest BCUT2D eigenvalue weighted by Gasteiger charge is -2.04. The van der Waals surface area contributed by atoms with E-state index in [0.717, 1.165) is 10.0 Å². The molecule has 0 radical (unpaired) electrons. The van der Waals surface area contributed by atoms with Gasteiger partial charge in [-0.15, -0.1) is 0 Å². The zero-order valence-electron chi connectivity index (χ0n) is 8.24. The van der Waals surface area contributed by atoms with Gasteiger partial charge in [0.1, 0.15) is 0 Å². The SMILES string of the molecule is C=Cc1c([N+](=O)[O-])ccc(Br)c1/C=C\C. The van der Waals surface area contributed by atoms with E-state index in [9.17, 15) is 10.1 Å². The van der Waals surface area contributed by atoms with E-state index < -0.39 is 4.92 Å². The van der Waals surface area contributed by atoms with Crippen LogP contribution in [0.4, 0.5) is 5.69 Å². The molecule has 0 amide bonds. The molecule has 0 saturated carbocycles. The van der Waals surface area contributed by atoms with Crippen LogP contribution in [-0.2, 0) is 0 Å². The lowest BCUT2D eigenvalue weighted by molar-refractivity contribution is -0.385. The third kappa shape index (κ3) is 2.33. The van der Waals surface area contributed by atoms with Crippen LogP contribution in [0.5, 0.6) is 0 Å². The van der Waals surface area contributed by atoms with Crippen LogP contribution in [0.25, 0.3) is 12.2 Å².